The molecule has 1 saturated carbocycles. The number of hydrogen-bond donors (Lipinski definition) is 1. The van der Waals surface area contributed by atoms with Crippen LogP contribution >= 0.6 is 0 Å². The van der Waals surface area contributed by atoms with Gasteiger partial charge in [0.1, 0.15) is 0 Å². The fourth-order valence-corrected chi connectivity index (χ4v) is 2.64. The van der Waals surface area contributed by atoms with Crippen molar-refractivity contribution in [2.24, 2.45) is 17.8 Å². The number of fused-ring (bicyclic) bond motifs is 1. The molecule has 0 aromatic carbocycles. The first-order valence-electron chi connectivity index (χ1n) is 5.12. The van der Waals surface area contributed by atoms with Gasteiger partial charge in [0.25, 0.3) is 0 Å². The molecule has 0 amide bonds. The summed E-state index contributed by atoms with van der Waals surface area (Å²) in [5.41, 5.74) is 0. The summed E-state index contributed by atoms with van der Waals surface area (Å²) in [6, 6.07) is 0.757. The van der Waals surface area contributed by atoms with Gasteiger partial charge in [-0.15, -0.1) is 0 Å². The van der Waals surface area contributed by atoms with E-state index in [1.807, 2.05) is 0 Å². The number of likely N-dealkylation sites (tertiary alicyclic amines) is 1. The second kappa shape index (κ2) is 3.00. The molecule has 1 heterocycles. The van der Waals surface area contributed by atoms with E-state index in [-0.39, 0.29) is 0 Å². The fraction of sp³-hybridized carbons (Fsp3) is 1.00. The number of nitrogens with one attached hydrogen (secondary N) is 1. The van der Waals surface area contributed by atoms with Gasteiger partial charge in [-0.1, -0.05) is 0 Å². The van der Waals surface area contributed by atoms with Crippen LogP contribution in [0, 0.1) is 17.8 Å². The molecule has 2 aliphatic rings. The summed E-state index contributed by atoms with van der Waals surface area (Å²) in [7, 11) is 2.06. The first-order chi connectivity index (χ1) is 5.74. The van der Waals surface area contributed by atoms with Gasteiger partial charge in [-0.05, 0) is 45.2 Å². The lowest BCUT2D eigenvalue weighted by molar-refractivity contribution is 0.233. The molecule has 2 atom stereocenters. The van der Waals surface area contributed by atoms with E-state index in [1.165, 1.54) is 19.6 Å². The van der Waals surface area contributed by atoms with E-state index in [0.717, 1.165) is 23.8 Å². The molecule has 2 rings (SSSR count). The number of rotatable bonds is 3. The van der Waals surface area contributed by atoms with Gasteiger partial charge < -0.3 is 10.2 Å². The smallest absolute Gasteiger partial charge is 0.00388 e. The van der Waals surface area contributed by atoms with Gasteiger partial charge in [-0.25, -0.2) is 0 Å². The van der Waals surface area contributed by atoms with Crippen molar-refractivity contribution in [3.05, 3.63) is 0 Å². The summed E-state index contributed by atoms with van der Waals surface area (Å²) >= 11 is 0. The summed E-state index contributed by atoms with van der Waals surface area (Å²) in [6.45, 7) is 8.56. The van der Waals surface area contributed by atoms with E-state index in [9.17, 15) is 0 Å². The monoisotopic (exact) mass is 168 g/mol. The van der Waals surface area contributed by atoms with E-state index >= 15 is 0 Å². The van der Waals surface area contributed by atoms with Crippen molar-refractivity contribution in [3.63, 3.8) is 0 Å². The highest BCUT2D eigenvalue weighted by Gasteiger charge is 2.54. The zero-order valence-corrected chi connectivity index (χ0v) is 8.38. The minimum atomic E-state index is 0.757. The van der Waals surface area contributed by atoms with Crippen molar-refractivity contribution in [1.82, 2.24) is 10.2 Å². The van der Waals surface area contributed by atoms with Crippen LogP contribution in [0.4, 0.5) is 0 Å². The molecule has 2 unspecified atom stereocenters. The van der Waals surface area contributed by atoms with Crippen molar-refractivity contribution < 1.29 is 0 Å². The maximum absolute atomic E-state index is 3.28. The molecule has 70 valence electrons. The summed E-state index contributed by atoms with van der Waals surface area (Å²) in [6.07, 6.45) is 0. The van der Waals surface area contributed by atoms with Gasteiger partial charge in [-0.2, -0.15) is 0 Å². The molecule has 1 saturated heterocycles. The van der Waals surface area contributed by atoms with Gasteiger partial charge in [0.05, 0.1) is 0 Å². The van der Waals surface area contributed by atoms with Crippen molar-refractivity contribution in [1.29, 1.82) is 0 Å². The van der Waals surface area contributed by atoms with Crippen LogP contribution in [-0.4, -0.2) is 37.6 Å². The Balaban J connectivity index is 1.78. The van der Waals surface area contributed by atoms with E-state index in [2.05, 4.69) is 31.1 Å². The van der Waals surface area contributed by atoms with E-state index in [1.54, 1.807) is 0 Å². The summed E-state index contributed by atoms with van der Waals surface area (Å²) < 4.78 is 0. The van der Waals surface area contributed by atoms with E-state index < -0.39 is 0 Å². The molecule has 12 heavy (non-hydrogen) atoms. The molecule has 0 spiro atoms. The van der Waals surface area contributed by atoms with E-state index in [4.69, 9.17) is 0 Å². The summed E-state index contributed by atoms with van der Waals surface area (Å²) in [5.74, 6) is 3.06. The lowest BCUT2D eigenvalue weighted by Gasteiger charge is -2.23. The Morgan fingerprint density at radius 3 is 2.33 bits per heavy atom. The van der Waals surface area contributed by atoms with Crippen LogP contribution in [0.1, 0.15) is 13.8 Å². The number of hydrogen-bond acceptors (Lipinski definition) is 2. The molecule has 2 fully saturated rings. The third kappa shape index (κ3) is 1.27. The molecule has 0 radical (unpaired) electrons. The summed E-state index contributed by atoms with van der Waals surface area (Å²) in [5, 5.41) is 3.28. The van der Waals surface area contributed by atoms with Crippen LogP contribution in [0.15, 0.2) is 0 Å². The molecule has 1 N–H and O–H groups in total. The molecular formula is C10H20N2. The van der Waals surface area contributed by atoms with Crippen LogP contribution in [0.2, 0.25) is 0 Å². The average Bonchev–Trinajstić information content (AvgIpc) is 2.51. The van der Waals surface area contributed by atoms with Crippen LogP contribution in [0.25, 0.3) is 0 Å². The Bertz CT molecular complexity index is 155. The normalized spacial score (nSPS) is 40.5. The lowest BCUT2D eigenvalue weighted by atomic mass is 10.2. The van der Waals surface area contributed by atoms with Crippen LogP contribution in [-0.2, 0) is 0 Å². The third-order valence-corrected chi connectivity index (χ3v) is 3.57. The highest BCUT2D eigenvalue weighted by molar-refractivity contribution is 5.06. The van der Waals surface area contributed by atoms with Gasteiger partial charge in [0, 0.05) is 19.1 Å². The SMILES string of the molecule is CNCC1C2CN(C(C)C)CC12. The largest absolute Gasteiger partial charge is 0.319 e. The standard InChI is InChI=1S/C10H20N2/c1-7(2)12-5-9-8(4-11-3)10(9)6-12/h7-11H,4-6H2,1-3H3. The van der Waals surface area contributed by atoms with Crippen molar-refractivity contribution >= 4 is 0 Å². The first kappa shape index (κ1) is 8.52. The van der Waals surface area contributed by atoms with E-state index in [0.29, 0.717) is 0 Å². The van der Waals surface area contributed by atoms with Gasteiger partial charge in [-0.3, -0.25) is 0 Å². The van der Waals surface area contributed by atoms with Gasteiger partial charge in [0.15, 0.2) is 0 Å². The number of nitrogens with zero attached hydrogens (tertiary/aromatic N) is 1. The fourth-order valence-electron chi connectivity index (χ4n) is 2.64. The molecule has 2 heteroatoms. The molecule has 0 aromatic rings. The maximum atomic E-state index is 3.28. The van der Waals surface area contributed by atoms with Crippen molar-refractivity contribution in [2.75, 3.05) is 26.7 Å². The quantitative estimate of drug-likeness (QED) is 0.670. The Morgan fingerprint density at radius 1 is 1.33 bits per heavy atom. The molecule has 0 aromatic heterocycles. The number of piperidine rings is 1. The van der Waals surface area contributed by atoms with Crippen LogP contribution < -0.4 is 5.32 Å². The zero-order valence-electron chi connectivity index (χ0n) is 8.38. The van der Waals surface area contributed by atoms with Crippen LogP contribution in [0.5, 0.6) is 0 Å². The van der Waals surface area contributed by atoms with Crippen LogP contribution in [0.3, 0.4) is 0 Å². The van der Waals surface area contributed by atoms with Crippen molar-refractivity contribution in [3.8, 4) is 0 Å². The lowest BCUT2D eigenvalue weighted by Crippen LogP contribution is -2.32. The summed E-state index contributed by atoms with van der Waals surface area (Å²) in [4.78, 5) is 2.61. The Morgan fingerprint density at radius 2 is 1.92 bits per heavy atom. The molecular weight excluding hydrogens is 148 g/mol. The zero-order chi connectivity index (χ0) is 8.72. The predicted octanol–water partition coefficient (Wildman–Crippen LogP) is 0.792. The highest BCUT2D eigenvalue weighted by atomic mass is 15.2. The minimum Gasteiger partial charge on any atom is -0.319 e. The minimum absolute atomic E-state index is 0.757. The highest BCUT2D eigenvalue weighted by Crippen LogP contribution is 2.51. The van der Waals surface area contributed by atoms with Gasteiger partial charge >= 0.3 is 0 Å². The molecule has 1 aliphatic heterocycles. The Hall–Kier alpha value is -0.0800. The molecule has 1 aliphatic carbocycles. The Kier molecular flexibility index (Phi) is 2.13. The molecule has 0 bridgehead atoms. The Labute approximate surface area is 75.3 Å². The van der Waals surface area contributed by atoms with Crippen molar-refractivity contribution in [2.45, 2.75) is 19.9 Å². The average molecular weight is 168 g/mol. The first-order valence-corrected chi connectivity index (χ1v) is 5.12. The maximum Gasteiger partial charge on any atom is 0.00388 e. The predicted molar refractivity (Wildman–Crippen MR) is 51.1 cm³/mol. The molecule has 2 nitrogen and oxygen atoms in total. The van der Waals surface area contributed by atoms with Gasteiger partial charge in [0.2, 0.25) is 0 Å². The second-order valence-electron chi connectivity index (χ2n) is 4.60. The second-order valence-corrected chi connectivity index (χ2v) is 4.60. The topological polar surface area (TPSA) is 15.3 Å². The third-order valence-electron chi connectivity index (χ3n) is 3.57.